The van der Waals surface area contributed by atoms with E-state index < -0.39 is 35.9 Å². The van der Waals surface area contributed by atoms with Crippen molar-refractivity contribution in [3.63, 3.8) is 0 Å². The molecular weight excluding hydrogens is 277 g/mol. The van der Waals surface area contributed by atoms with Gasteiger partial charge in [-0.1, -0.05) is 0 Å². The number of nitrogens with one attached hydrogen (secondary N) is 1. The quantitative estimate of drug-likeness (QED) is 0.835. The Morgan fingerprint density at radius 1 is 1.45 bits per heavy atom. The maximum atomic E-state index is 12.6. The summed E-state index contributed by atoms with van der Waals surface area (Å²) in [5.74, 6) is 0. The summed E-state index contributed by atoms with van der Waals surface area (Å²) < 4.78 is 47.9. The molecule has 2 atom stereocenters. The first kappa shape index (κ1) is 17.0. The van der Waals surface area contributed by atoms with Gasteiger partial charge in [-0.25, -0.2) is 4.79 Å². The van der Waals surface area contributed by atoms with E-state index in [1.807, 2.05) is 0 Å². The van der Waals surface area contributed by atoms with Gasteiger partial charge in [0.15, 0.2) is 0 Å². The van der Waals surface area contributed by atoms with E-state index in [4.69, 9.17) is 15.2 Å². The molecule has 1 heterocycles. The Bertz CT molecular complexity index is 347. The predicted molar refractivity (Wildman–Crippen MR) is 66.2 cm³/mol. The van der Waals surface area contributed by atoms with Crippen LogP contribution in [0.2, 0.25) is 0 Å². The minimum atomic E-state index is -4.51. The summed E-state index contributed by atoms with van der Waals surface area (Å²) in [5.41, 5.74) is 3.29. The van der Waals surface area contributed by atoms with Gasteiger partial charge in [0, 0.05) is 6.61 Å². The van der Waals surface area contributed by atoms with E-state index in [-0.39, 0.29) is 19.6 Å². The molecule has 2 unspecified atom stereocenters. The second-order valence-electron chi connectivity index (χ2n) is 6.06. The third-order valence-electron chi connectivity index (χ3n) is 2.90. The molecule has 118 valence electrons. The van der Waals surface area contributed by atoms with E-state index in [2.05, 4.69) is 5.32 Å². The number of ether oxygens (including phenoxy) is 2. The van der Waals surface area contributed by atoms with Gasteiger partial charge in [0.05, 0.1) is 12.1 Å². The zero-order valence-electron chi connectivity index (χ0n) is 11.8. The zero-order valence-corrected chi connectivity index (χ0v) is 11.8. The van der Waals surface area contributed by atoms with Crippen LogP contribution in [0.5, 0.6) is 0 Å². The summed E-state index contributed by atoms with van der Waals surface area (Å²) in [6.07, 6.45) is -5.44. The summed E-state index contributed by atoms with van der Waals surface area (Å²) in [4.78, 5) is 11.7. The van der Waals surface area contributed by atoms with Crippen LogP contribution >= 0.6 is 0 Å². The molecule has 0 saturated carbocycles. The molecule has 1 aliphatic heterocycles. The van der Waals surface area contributed by atoms with Crippen LogP contribution in [-0.2, 0) is 9.47 Å². The van der Waals surface area contributed by atoms with Crippen LogP contribution < -0.4 is 11.1 Å². The fraction of sp³-hybridized carbons (Fsp3) is 0.917. The molecular formula is C12H21F3N2O3. The predicted octanol–water partition coefficient (Wildman–Crippen LogP) is 1.95. The second kappa shape index (κ2) is 5.77. The number of carbonyl (C=O) groups is 1. The van der Waals surface area contributed by atoms with E-state index in [1.165, 1.54) is 0 Å². The van der Waals surface area contributed by atoms with Gasteiger partial charge in [0.2, 0.25) is 0 Å². The van der Waals surface area contributed by atoms with E-state index in [9.17, 15) is 18.0 Å². The van der Waals surface area contributed by atoms with Gasteiger partial charge in [0.1, 0.15) is 11.6 Å². The molecule has 1 aliphatic rings. The number of alkyl halides is 3. The Hall–Kier alpha value is -1.02. The van der Waals surface area contributed by atoms with Gasteiger partial charge in [-0.3, -0.25) is 0 Å². The van der Waals surface area contributed by atoms with Gasteiger partial charge < -0.3 is 20.5 Å². The smallest absolute Gasteiger partial charge is 0.408 e. The molecule has 20 heavy (non-hydrogen) atoms. The zero-order chi connectivity index (χ0) is 15.6. The highest BCUT2D eigenvalue weighted by atomic mass is 19.4. The fourth-order valence-electron chi connectivity index (χ4n) is 1.97. The lowest BCUT2D eigenvalue weighted by atomic mass is 9.90. The van der Waals surface area contributed by atoms with Gasteiger partial charge in [-0.15, -0.1) is 0 Å². The minimum Gasteiger partial charge on any atom is -0.444 e. The maximum Gasteiger partial charge on any atom is 0.408 e. The molecule has 0 aliphatic carbocycles. The highest BCUT2D eigenvalue weighted by Gasteiger charge is 2.46. The van der Waals surface area contributed by atoms with Crippen molar-refractivity contribution in [1.82, 2.24) is 5.32 Å². The fourth-order valence-corrected chi connectivity index (χ4v) is 1.97. The Morgan fingerprint density at radius 3 is 2.45 bits per heavy atom. The molecule has 0 aromatic heterocycles. The van der Waals surface area contributed by atoms with Crippen molar-refractivity contribution in [1.29, 1.82) is 0 Å². The molecule has 0 bridgehead atoms. The number of rotatable bonds is 3. The van der Waals surface area contributed by atoms with Crippen LogP contribution in [0.4, 0.5) is 18.0 Å². The Kier molecular flexibility index (Phi) is 4.91. The highest BCUT2D eigenvalue weighted by Crippen LogP contribution is 2.30. The lowest BCUT2D eigenvalue weighted by Crippen LogP contribution is -2.55. The first-order valence-electron chi connectivity index (χ1n) is 6.35. The van der Waals surface area contributed by atoms with Gasteiger partial charge in [-0.2, -0.15) is 13.2 Å². The van der Waals surface area contributed by atoms with Crippen molar-refractivity contribution < 1.29 is 27.4 Å². The van der Waals surface area contributed by atoms with Crippen molar-refractivity contribution in [2.24, 2.45) is 5.73 Å². The third-order valence-corrected chi connectivity index (χ3v) is 2.90. The summed E-state index contributed by atoms with van der Waals surface area (Å²) in [6.45, 7) is 5.29. The summed E-state index contributed by atoms with van der Waals surface area (Å²) in [5, 5.41) is 2.49. The van der Waals surface area contributed by atoms with Crippen LogP contribution in [0.15, 0.2) is 0 Å². The van der Waals surface area contributed by atoms with E-state index in [1.54, 1.807) is 20.8 Å². The number of hydrogen-bond acceptors (Lipinski definition) is 4. The first-order chi connectivity index (χ1) is 8.94. The molecule has 0 aromatic rings. The standard InChI is InChI=1S/C12H21F3N2O3/c1-10(2,3)20-9(18)17-11(4-5-19-7-11)6-8(16)12(13,14)15/h8H,4-7,16H2,1-3H3,(H,17,18). The number of hydrogen-bond donors (Lipinski definition) is 2. The van der Waals surface area contributed by atoms with Crippen LogP contribution in [0, 0.1) is 0 Å². The van der Waals surface area contributed by atoms with Crippen molar-refractivity contribution in [2.45, 2.75) is 57.0 Å². The molecule has 0 aromatic carbocycles. The number of alkyl carbamates (subject to hydrolysis) is 1. The number of amides is 1. The molecule has 3 N–H and O–H groups in total. The number of nitrogens with two attached hydrogens (primary N) is 1. The van der Waals surface area contributed by atoms with E-state index in [0.717, 1.165) is 0 Å². The normalized spacial score (nSPS) is 25.4. The van der Waals surface area contributed by atoms with Crippen LogP contribution in [0.3, 0.4) is 0 Å². The average molecular weight is 298 g/mol. The van der Waals surface area contributed by atoms with Gasteiger partial charge >= 0.3 is 12.3 Å². The lowest BCUT2D eigenvalue weighted by Gasteiger charge is -2.33. The molecule has 0 radical (unpaired) electrons. The van der Waals surface area contributed by atoms with E-state index in [0.29, 0.717) is 0 Å². The van der Waals surface area contributed by atoms with Gasteiger partial charge in [0.25, 0.3) is 0 Å². The number of carbonyl (C=O) groups excluding carboxylic acids is 1. The van der Waals surface area contributed by atoms with Crippen molar-refractivity contribution in [3.8, 4) is 0 Å². The molecule has 5 nitrogen and oxygen atoms in total. The van der Waals surface area contributed by atoms with Gasteiger partial charge in [-0.05, 0) is 33.6 Å². The molecule has 0 spiro atoms. The molecule has 1 rings (SSSR count). The highest BCUT2D eigenvalue weighted by molar-refractivity contribution is 5.69. The minimum absolute atomic E-state index is 0.00395. The molecule has 8 heteroatoms. The van der Waals surface area contributed by atoms with Crippen LogP contribution in [-0.4, -0.2) is 42.7 Å². The average Bonchev–Trinajstić information content (AvgIpc) is 2.61. The third kappa shape index (κ3) is 5.16. The SMILES string of the molecule is CC(C)(C)OC(=O)NC1(CC(N)C(F)(F)F)CCOC1. The second-order valence-corrected chi connectivity index (χ2v) is 6.06. The molecule has 1 amide bonds. The Balaban J connectivity index is 2.70. The van der Waals surface area contributed by atoms with Crippen LogP contribution in [0.25, 0.3) is 0 Å². The summed E-state index contributed by atoms with van der Waals surface area (Å²) >= 11 is 0. The van der Waals surface area contributed by atoms with Crippen molar-refractivity contribution in [3.05, 3.63) is 0 Å². The summed E-state index contributed by atoms with van der Waals surface area (Å²) in [7, 11) is 0. The Morgan fingerprint density at radius 2 is 2.05 bits per heavy atom. The maximum absolute atomic E-state index is 12.6. The monoisotopic (exact) mass is 298 g/mol. The molecule has 1 fully saturated rings. The lowest BCUT2D eigenvalue weighted by molar-refractivity contribution is -0.152. The van der Waals surface area contributed by atoms with Crippen molar-refractivity contribution in [2.75, 3.05) is 13.2 Å². The Labute approximate surface area is 116 Å². The van der Waals surface area contributed by atoms with E-state index >= 15 is 0 Å². The topological polar surface area (TPSA) is 73.6 Å². The summed E-state index contributed by atoms with van der Waals surface area (Å²) in [6, 6.07) is -2.01. The molecule has 1 saturated heterocycles. The number of halogens is 3. The van der Waals surface area contributed by atoms with Crippen LogP contribution in [0.1, 0.15) is 33.6 Å². The first-order valence-corrected chi connectivity index (χ1v) is 6.35. The largest absolute Gasteiger partial charge is 0.444 e. The van der Waals surface area contributed by atoms with Crippen molar-refractivity contribution >= 4 is 6.09 Å².